The second-order valence-electron chi connectivity index (χ2n) is 4.82. The summed E-state index contributed by atoms with van der Waals surface area (Å²) >= 11 is 0. The number of nitrogens with zero attached hydrogens (tertiary/aromatic N) is 1. The summed E-state index contributed by atoms with van der Waals surface area (Å²) < 4.78 is 0. The molecule has 0 aromatic heterocycles. The molecule has 0 aliphatic carbocycles. The van der Waals surface area contributed by atoms with Crippen LogP contribution in [0.1, 0.15) is 44.0 Å². The molecular formula is C16H26N2O. The van der Waals surface area contributed by atoms with E-state index < -0.39 is 0 Å². The first-order valence-corrected chi connectivity index (χ1v) is 7.23. The lowest BCUT2D eigenvalue weighted by atomic mass is 10.0. The highest BCUT2D eigenvalue weighted by molar-refractivity contribution is 5.99. The third-order valence-electron chi connectivity index (χ3n) is 3.73. The van der Waals surface area contributed by atoms with Crippen LogP contribution in [0.25, 0.3) is 0 Å². The Labute approximate surface area is 117 Å². The summed E-state index contributed by atoms with van der Waals surface area (Å²) in [6.07, 6.45) is 2.24. The van der Waals surface area contributed by atoms with Gasteiger partial charge in [0, 0.05) is 25.8 Å². The first kappa shape index (κ1) is 15.5. The highest BCUT2D eigenvalue weighted by Crippen LogP contribution is 2.18. The molecule has 0 radical (unpaired) electrons. The maximum atomic E-state index is 12.6. The van der Waals surface area contributed by atoms with E-state index in [1.54, 1.807) is 0 Å². The van der Waals surface area contributed by atoms with Crippen molar-refractivity contribution in [1.29, 1.82) is 0 Å². The summed E-state index contributed by atoms with van der Waals surface area (Å²) in [5.41, 5.74) is 1.66. The molecule has 1 N–H and O–H groups in total. The molecule has 0 aliphatic heterocycles. The van der Waals surface area contributed by atoms with Crippen molar-refractivity contribution < 1.29 is 4.79 Å². The third kappa shape index (κ3) is 3.98. The Morgan fingerprint density at radius 1 is 1.21 bits per heavy atom. The summed E-state index contributed by atoms with van der Waals surface area (Å²) in [6, 6.07) is 7.70. The molecule has 0 unspecified atom stereocenters. The third-order valence-corrected chi connectivity index (χ3v) is 3.73. The summed E-state index contributed by atoms with van der Waals surface area (Å²) in [7, 11) is 1.85. The Morgan fingerprint density at radius 3 is 2.37 bits per heavy atom. The highest BCUT2D eigenvalue weighted by Gasteiger charge is 2.19. The molecule has 0 saturated carbocycles. The van der Waals surface area contributed by atoms with Crippen LogP contribution in [0, 0.1) is 5.92 Å². The van der Waals surface area contributed by atoms with Crippen molar-refractivity contribution >= 4 is 11.6 Å². The molecule has 0 fully saturated rings. The average Bonchev–Trinajstić information content (AvgIpc) is 2.48. The maximum Gasteiger partial charge on any atom is 0.255 e. The van der Waals surface area contributed by atoms with Crippen molar-refractivity contribution in [3.05, 3.63) is 29.8 Å². The van der Waals surface area contributed by atoms with Crippen molar-refractivity contribution in [2.45, 2.75) is 33.6 Å². The topological polar surface area (TPSA) is 32.3 Å². The van der Waals surface area contributed by atoms with Gasteiger partial charge in [0.05, 0.1) is 5.56 Å². The summed E-state index contributed by atoms with van der Waals surface area (Å²) in [5, 5.41) is 3.09. The van der Waals surface area contributed by atoms with E-state index in [0.717, 1.165) is 37.2 Å². The number of benzene rings is 1. The van der Waals surface area contributed by atoms with Gasteiger partial charge in [-0.25, -0.2) is 0 Å². The van der Waals surface area contributed by atoms with Gasteiger partial charge in [-0.3, -0.25) is 4.79 Å². The molecule has 0 bridgehead atoms. The Balaban J connectivity index is 2.89. The number of anilines is 1. The van der Waals surface area contributed by atoms with Crippen molar-refractivity contribution in [3.63, 3.8) is 0 Å². The lowest BCUT2D eigenvalue weighted by Gasteiger charge is -2.26. The van der Waals surface area contributed by atoms with Gasteiger partial charge in [0.15, 0.2) is 0 Å². The molecule has 1 rings (SSSR count). The van der Waals surface area contributed by atoms with Gasteiger partial charge in [0.1, 0.15) is 0 Å². The van der Waals surface area contributed by atoms with Crippen LogP contribution in [-0.2, 0) is 0 Å². The number of hydrogen-bond acceptors (Lipinski definition) is 2. The van der Waals surface area contributed by atoms with Crippen molar-refractivity contribution in [2.24, 2.45) is 5.92 Å². The van der Waals surface area contributed by atoms with Crippen LogP contribution in [0.15, 0.2) is 24.3 Å². The van der Waals surface area contributed by atoms with Crippen LogP contribution < -0.4 is 5.32 Å². The van der Waals surface area contributed by atoms with Crippen LogP contribution in [-0.4, -0.2) is 30.9 Å². The Hall–Kier alpha value is -1.51. The van der Waals surface area contributed by atoms with Gasteiger partial charge in [0.2, 0.25) is 0 Å². The molecule has 1 aromatic rings. The number of para-hydroxylation sites is 1. The van der Waals surface area contributed by atoms with E-state index in [4.69, 9.17) is 0 Å². The smallest absolute Gasteiger partial charge is 0.255 e. The lowest BCUT2D eigenvalue weighted by Crippen LogP contribution is -2.35. The van der Waals surface area contributed by atoms with E-state index >= 15 is 0 Å². The van der Waals surface area contributed by atoms with Gasteiger partial charge >= 0.3 is 0 Å². The monoisotopic (exact) mass is 262 g/mol. The quantitative estimate of drug-likeness (QED) is 0.814. The Bertz CT molecular complexity index is 399. The van der Waals surface area contributed by atoms with Gasteiger partial charge in [-0.1, -0.05) is 38.8 Å². The zero-order chi connectivity index (χ0) is 14.3. The van der Waals surface area contributed by atoms with Gasteiger partial charge in [-0.05, 0) is 25.0 Å². The van der Waals surface area contributed by atoms with E-state index in [0.29, 0.717) is 5.92 Å². The molecule has 0 spiro atoms. The maximum absolute atomic E-state index is 12.6. The van der Waals surface area contributed by atoms with E-state index in [2.05, 4.69) is 19.2 Å². The number of amides is 1. The van der Waals surface area contributed by atoms with E-state index in [9.17, 15) is 4.79 Å². The number of carbonyl (C=O) groups is 1. The minimum Gasteiger partial charge on any atom is -0.387 e. The van der Waals surface area contributed by atoms with Gasteiger partial charge < -0.3 is 10.2 Å². The molecule has 0 atom stereocenters. The molecule has 1 amide bonds. The Morgan fingerprint density at radius 2 is 1.84 bits per heavy atom. The first-order chi connectivity index (χ1) is 9.17. The van der Waals surface area contributed by atoms with Crippen LogP contribution in [0.2, 0.25) is 0 Å². The fraction of sp³-hybridized carbons (Fsp3) is 0.562. The molecule has 1 aromatic carbocycles. The summed E-state index contributed by atoms with van der Waals surface area (Å²) in [4.78, 5) is 14.6. The van der Waals surface area contributed by atoms with Crippen molar-refractivity contribution in [3.8, 4) is 0 Å². The molecule has 19 heavy (non-hydrogen) atoms. The fourth-order valence-corrected chi connectivity index (χ4v) is 2.27. The summed E-state index contributed by atoms with van der Waals surface area (Å²) in [6.45, 7) is 8.03. The van der Waals surface area contributed by atoms with Gasteiger partial charge in [-0.15, -0.1) is 0 Å². The largest absolute Gasteiger partial charge is 0.387 e. The van der Waals surface area contributed by atoms with E-state index in [-0.39, 0.29) is 5.91 Å². The SMILES string of the molecule is CCC(CC)CN(CC)C(=O)c1ccccc1NC. The van der Waals surface area contributed by atoms with Gasteiger partial charge in [0.25, 0.3) is 5.91 Å². The number of carbonyl (C=O) groups excluding carboxylic acids is 1. The number of nitrogens with one attached hydrogen (secondary N) is 1. The van der Waals surface area contributed by atoms with Crippen LogP contribution >= 0.6 is 0 Å². The highest BCUT2D eigenvalue weighted by atomic mass is 16.2. The number of hydrogen-bond donors (Lipinski definition) is 1. The second-order valence-corrected chi connectivity index (χ2v) is 4.82. The predicted molar refractivity (Wildman–Crippen MR) is 81.6 cm³/mol. The van der Waals surface area contributed by atoms with Gasteiger partial charge in [-0.2, -0.15) is 0 Å². The molecular weight excluding hydrogens is 236 g/mol. The normalized spacial score (nSPS) is 10.6. The molecule has 3 heteroatoms. The van der Waals surface area contributed by atoms with E-state index in [1.807, 2.05) is 43.1 Å². The Kier molecular flexibility index (Phi) is 6.40. The zero-order valence-electron chi connectivity index (χ0n) is 12.6. The molecule has 0 saturated heterocycles. The predicted octanol–water partition coefficient (Wildman–Crippen LogP) is 3.63. The minimum atomic E-state index is 0.124. The molecule has 3 nitrogen and oxygen atoms in total. The molecule has 0 heterocycles. The fourth-order valence-electron chi connectivity index (χ4n) is 2.27. The van der Waals surface area contributed by atoms with Crippen LogP contribution in [0.5, 0.6) is 0 Å². The average molecular weight is 262 g/mol. The molecule has 0 aliphatic rings. The van der Waals surface area contributed by atoms with Crippen LogP contribution in [0.3, 0.4) is 0 Å². The van der Waals surface area contributed by atoms with Crippen LogP contribution in [0.4, 0.5) is 5.69 Å². The number of rotatable bonds is 7. The lowest BCUT2D eigenvalue weighted by molar-refractivity contribution is 0.0736. The zero-order valence-corrected chi connectivity index (χ0v) is 12.6. The van der Waals surface area contributed by atoms with Crippen molar-refractivity contribution in [1.82, 2.24) is 4.90 Å². The van der Waals surface area contributed by atoms with E-state index in [1.165, 1.54) is 0 Å². The summed E-state index contributed by atoms with van der Waals surface area (Å²) in [5.74, 6) is 0.713. The first-order valence-electron chi connectivity index (χ1n) is 7.23. The minimum absolute atomic E-state index is 0.124. The van der Waals surface area contributed by atoms with Crippen molar-refractivity contribution in [2.75, 3.05) is 25.5 Å². The standard InChI is InChI=1S/C16H26N2O/c1-5-13(6-2)12-18(7-3)16(19)14-10-8-9-11-15(14)17-4/h8-11,13,17H,5-7,12H2,1-4H3. The molecule has 106 valence electrons. The second kappa shape index (κ2) is 7.82.